The zero-order valence-electron chi connectivity index (χ0n) is 10.9. The summed E-state index contributed by atoms with van der Waals surface area (Å²) in [7, 11) is 1.57. The third kappa shape index (κ3) is 1.77. The number of aliphatic hydroxyl groups excluding tert-OH is 1. The van der Waals surface area contributed by atoms with Gasteiger partial charge < -0.3 is 14.6 Å². The molecule has 1 aromatic rings. The lowest BCUT2D eigenvalue weighted by Crippen LogP contribution is -2.47. The molecule has 0 fully saturated rings. The van der Waals surface area contributed by atoms with Crippen molar-refractivity contribution in [2.24, 2.45) is 11.3 Å². The molecular weight excluding hydrogens is 232 g/mol. The average molecular weight is 250 g/mol. The van der Waals surface area contributed by atoms with Crippen LogP contribution in [0.15, 0.2) is 18.2 Å². The van der Waals surface area contributed by atoms with Crippen LogP contribution in [0.25, 0.3) is 0 Å². The second kappa shape index (κ2) is 4.61. The van der Waals surface area contributed by atoms with Crippen LogP contribution < -0.4 is 9.47 Å². The Hall–Kier alpha value is -1.55. The van der Waals surface area contributed by atoms with Crippen molar-refractivity contribution < 1.29 is 19.4 Å². The van der Waals surface area contributed by atoms with Gasteiger partial charge in [0.25, 0.3) is 0 Å². The van der Waals surface area contributed by atoms with E-state index < -0.39 is 5.41 Å². The van der Waals surface area contributed by atoms with Crippen LogP contribution in [0.4, 0.5) is 0 Å². The SMILES string of the molecule is COc1ccc2c(c1)OC[C@@](CO)(C(C)C)C2=O. The molecule has 0 aromatic heterocycles. The number of hydrogen-bond acceptors (Lipinski definition) is 4. The van der Waals surface area contributed by atoms with Gasteiger partial charge in [0.15, 0.2) is 5.78 Å². The topological polar surface area (TPSA) is 55.8 Å². The summed E-state index contributed by atoms with van der Waals surface area (Å²) in [5.41, 5.74) is -0.313. The number of carbonyl (C=O) groups excluding carboxylic acids is 1. The predicted octanol–water partition coefficient (Wildman–Crippen LogP) is 1.90. The standard InChI is InChI=1S/C14H18O4/c1-9(2)14(7-15)8-18-12-6-10(17-3)4-5-11(12)13(14)16/h4-6,9,15H,7-8H2,1-3H3/t14-/m0/s1. The van der Waals surface area contributed by atoms with E-state index in [4.69, 9.17) is 9.47 Å². The molecule has 98 valence electrons. The Kier molecular flexibility index (Phi) is 3.30. The van der Waals surface area contributed by atoms with Gasteiger partial charge >= 0.3 is 0 Å². The van der Waals surface area contributed by atoms with E-state index in [1.165, 1.54) is 0 Å². The third-order valence-electron chi connectivity index (χ3n) is 3.76. The van der Waals surface area contributed by atoms with E-state index >= 15 is 0 Å². The fraction of sp³-hybridized carbons (Fsp3) is 0.500. The van der Waals surface area contributed by atoms with Gasteiger partial charge in [-0.2, -0.15) is 0 Å². The van der Waals surface area contributed by atoms with Crippen molar-refractivity contribution in [3.05, 3.63) is 23.8 Å². The molecule has 1 aliphatic rings. The van der Waals surface area contributed by atoms with Gasteiger partial charge in [-0.05, 0) is 18.1 Å². The number of carbonyl (C=O) groups is 1. The van der Waals surface area contributed by atoms with Crippen LogP contribution in [0.1, 0.15) is 24.2 Å². The Morgan fingerprint density at radius 2 is 2.22 bits per heavy atom. The molecule has 4 heteroatoms. The molecule has 0 amide bonds. The molecule has 0 radical (unpaired) electrons. The number of rotatable bonds is 3. The fourth-order valence-corrected chi connectivity index (χ4v) is 2.21. The molecule has 4 nitrogen and oxygen atoms in total. The number of aliphatic hydroxyl groups is 1. The monoisotopic (exact) mass is 250 g/mol. The van der Waals surface area contributed by atoms with Gasteiger partial charge in [-0.15, -0.1) is 0 Å². The fourth-order valence-electron chi connectivity index (χ4n) is 2.21. The highest BCUT2D eigenvalue weighted by atomic mass is 16.5. The first-order chi connectivity index (χ1) is 8.55. The number of ether oxygens (including phenoxy) is 2. The van der Waals surface area contributed by atoms with Crippen molar-refractivity contribution in [2.75, 3.05) is 20.3 Å². The smallest absolute Gasteiger partial charge is 0.178 e. The Labute approximate surface area is 107 Å². The molecule has 0 unspecified atom stereocenters. The number of ketones is 1. The molecule has 0 saturated heterocycles. The first-order valence-corrected chi connectivity index (χ1v) is 6.01. The summed E-state index contributed by atoms with van der Waals surface area (Å²) in [5.74, 6) is 1.15. The maximum atomic E-state index is 12.5. The summed E-state index contributed by atoms with van der Waals surface area (Å²) in [6, 6.07) is 5.13. The lowest BCUT2D eigenvalue weighted by Gasteiger charge is -2.38. The summed E-state index contributed by atoms with van der Waals surface area (Å²) in [4.78, 5) is 12.5. The van der Waals surface area contributed by atoms with Crippen molar-refractivity contribution in [3.8, 4) is 11.5 Å². The van der Waals surface area contributed by atoms with Crippen molar-refractivity contribution in [1.82, 2.24) is 0 Å². The first-order valence-electron chi connectivity index (χ1n) is 6.01. The summed E-state index contributed by atoms with van der Waals surface area (Å²) < 4.78 is 10.7. The van der Waals surface area contributed by atoms with Crippen LogP contribution in [0.2, 0.25) is 0 Å². The third-order valence-corrected chi connectivity index (χ3v) is 3.76. The summed E-state index contributed by atoms with van der Waals surface area (Å²) in [6.07, 6.45) is 0. The van der Waals surface area contributed by atoms with Crippen molar-refractivity contribution >= 4 is 5.78 Å². The molecular formula is C14H18O4. The van der Waals surface area contributed by atoms with Gasteiger partial charge in [0.05, 0.1) is 24.7 Å². The quantitative estimate of drug-likeness (QED) is 0.890. The Morgan fingerprint density at radius 1 is 1.50 bits per heavy atom. The van der Waals surface area contributed by atoms with Crippen LogP contribution in [0.5, 0.6) is 11.5 Å². The normalized spacial score (nSPS) is 22.6. The van der Waals surface area contributed by atoms with Gasteiger partial charge in [-0.3, -0.25) is 4.79 Å². The Bertz CT molecular complexity index is 467. The van der Waals surface area contributed by atoms with E-state index in [1.54, 1.807) is 25.3 Å². The van der Waals surface area contributed by atoms with E-state index in [-0.39, 0.29) is 24.9 Å². The molecule has 1 heterocycles. The number of fused-ring (bicyclic) bond motifs is 1. The largest absolute Gasteiger partial charge is 0.497 e. The zero-order valence-corrected chi connectivity index (χ0v) is 10.9. The van der Waals surface area contributed by atoms with Crippen LogP contribution in [-0.2, 0) is 0 Å². The Morgan fingerprint density at radius 3 is 2.78 bits per heavy atom. The maximum Gasteiger partial charge on any atom is 0.178 e. The molecule has 1 atom stereocenters. The molecule has 0 aliphatic carbocycles. The van der Waals surface area contributed by atoms with Gasteiger partial charge in [0, 0.05) is 6.07 Å². The number of methoxy groups -OCH3 is 1. The molecule has 1 N–H and O–H groups in total. The highest BCUT2D eigenvalue weighted by Crippen LogP contribution is 2.40. The molecule has 1 aromatic carbocycles. The van der Waals surface area contributed by atoms with Gasteiger partial charge in [-0.25, -0.2) is 0 Å². The number of benzene rings is 1. The minimum Gasteiger partial charge on any atom is -0.497 e. The lowest BCUT2D eigenvalue weighted by atomic mass is 9.71. The van der Waals surface area contributed by atoms with Crippen LogP contribution in [0.3, 0.4) is 0 Å². The van der Waals surface area contributed by atoms with Crippen LogP contribution in [-0.4, -0.2) is 31.2 Å². The lowest BCUT2D eigenvalue weighted by molar-refractivity contribution is 0.0177. The molecule has 18 heavy (non-hydrogen) atoms. The van der Waals surface area contributed by atoms with Crippen LogP contribution >= 0.6 is 0 Å². The van der Waals surface area contributed by atoms with Crippen LogP contribution in [0, 0.1) is 11.3 Å². The van der Waals surface area contributed by atoms with E-state index in [0.717, 1.165) is 0 Å². The predicted molar refractivity (Wildman–Crippen MR) is 67.2 cm³/mol. The maximum absolute atomic E-state index is 12.5. The summed E-state index contributed by atoms with van der Waals surface area (Å²) in [5, 5.41) is 9.58. The van der Waals surface area contributed by atoms with Crippen molar-refractivity contribution in [1.29, 1.82) is 0 Å². The number of hydrogen-bond donors (Lipinski definition) is 1. The molecule has 1 aliphatic heterocycles. The molecule has 0 bridgehead atoms. The molecule has 0 saturated carbocycles. The van der Waals surface area contributed by atoms with Crippen molar-refractivity contribution in [3.63, 3.8) is 0 Å². The van der Waals surface area contributed by atoms with Gasteiger partial charge in [-0.1, -0.05) is 13.8 Å². The van der Waals surface area contributed by atoms with Crippen molar-refractivity contribution in [2.45, 2.75) is 13.8 Å². The van der Waals surface area contributed by atoms with E-state index in [9.17, 15) is 9.90 Å². The summed E-state index contributed by atoms with van der Waals surface area (Å²) in [6.45, 7) is 3.85. The molecule has 0 spiro atoms. The first kappa shape index (κ1) is 12.9. The summed E-state index contributed by atoms with van der Waals surface area (Å²) >= 11 is 0. The number of Topliss-reactive ketones (excluding diaryl/α,β-unsaturated/α-hetero) is 1. The zero-order chi connectivity index (χ0) is 13.3. The minimum atomic E-state index is -0.832. The highest BCUT2D eigenvalue weighted by molar-refractivity contribution is 6.04. The van der Waals surface area contributed by atoms with Gasteiger partial charge in [0.1, 0.15) is 18.1 Å². The Balaban J connectivity index is 2.45. The molecule has 2 rings (SSSR count). The van der Waals surface area contributed by atoms with Gasteiger partial charge in [0.2, 0.25) is 0 Å². The van der Waals surface area contributed by atoms with E-state index in [0.29, 0.717) is 17.1 Å². The van der Waals surface area contributed by atoms with E-state index in [1.807, 2.05) is 13.8 Å². The van der Waals surface area contributed by atoms with E-state index in [2.05, 4.69) is 0 Å². The second-order valence-electron chi connectivity index (χ2n) is 4.95. The minimum absolute atomic E-state index is 0.0188. The highest BCUT2D eigenvalue weighted by Gasteiger charge is 2.46. The second-order valence-corrected chi connectivity index (χ2v) is 4.95. The average Bonchev–Trinajstić information content (AvgIpc) is 2.39.